The van der Waals surface area contributed by atoms with Gasteiger partial charge < -0.3 is 10.1 Å². The zero-order valence-electron chi connectivity index (χ0n) is 11.8. The van der Waals surface area contributed by atoms with Crippen LogP contribution in [0.3, 0.4) is 0 Å². The second kappa shape index (κ2) is 6.44. The van der Waals surface area contributed by atoms with E-state index in [2.05, 4.69) is 4.98 Å². The molecule has 1 saturated heterocycles. The first-order valence-corrected chi connectivity index (χ1v) is 7.74. The normalized spacial score (nSPS) is 17.0. The van der Waals surface area contributed by atoms with E-state index >= 15 is 0 Å². The van der Waals surface area contributed by atoms with E-state index in [4.69, 9.17) is 17.3 Å². The van der Waals surface area contributed by atoms with Gasteiger partial charge in [0.2, 0.25) is 0 Å². The molecule has 5 nitrogen and oxygen atoms in total. The molecule has 1 aliphatic rings. The highest BCUT2D eigenvalue weighted by atomic mass is 32.2. The highest BCUT2D eigenvalue weighted by Crippen LogP contribution is 2.33. The van der Waals surface area contributed by atoms with Crippen molar-refractivity contribution in [1.82, 2.24) is 9.88 Å². The first-order valence-electron chi connectivity index (χ1n) is 6.52. The van der Waals surface area contributed by atoms with Gasteiger partial charge in [0.1, 0.15) is 4.32 Å². The van der Waals surface area contributed by atoms with Crippen LogP contribution in [0, 0.1) is 13.8 Å². The van der Waals surface area contributed by atoms with E-state index in [9.17, 15) is 9.59 Å². The summed E-state index contributed by atoms with van der Waals surface area (Å²) in [5.41, 5.74) is 3.01. The van der Waals surface area contributed by atoms with Crippen LogP contribution in [0.5, 0.6) is 0 Å². The molecule has 2 rings (SSSR count). The summed E-state index contributed by atoms with van der Waals surface area (Å²) in [5.74, 6) is -1.02. The largest absolute Gasteiger partial charge is 0.481 e. The van der Waals surface area contributed by atoms with Crippen molar-refractivity contribution in [1.29, 1.82) is 0 Å². The van der Waals surface area contributed by atoms with E-state index < -0.39 is 5.97 Å². The quantitative estimate of drug-likeness (QED) is 0.643. The Hall–Kier alpha value is -1.60. The number of amides is 1. The SMILES string of the molecule is Cc1cc(C)c(/C=C2\SC(=S)N(CCCC(=O)O)C2=O)[nH]1. The number of nitrogens with zero attached hydrogens (tertiary/aromatic N) is 1. The Morgan fingerprint density at radius 2 is 2.24 bits per heavy atom. The zero-order valence-corrected chi connectivity index (χ0v) is 13.4. The standard InChI is InChI=1S/C14H16N2O3S2/c1-8-6-9(2)15-10(8)7-11-13(19)16(14(20)21-11)5-3-4-12(17)18/h6-7,15H,3-5H2,1-2H3,(H,17,18)/b11-7-. The second-order valence-electron chi connectivity index (χ2n) is 4.88. The van der Waals surface area contributed by atoms with E-state index in [0.29, 0.717) is 22.2 Å². The van der Waals surface area contributed by atoms with E-state index in [1.54, 1.807) is 6.08 Å². The number of carboxylic acid groups (broad SMARTS) is 1. The first kappa shape index (κ1) is 15.8. The summed E-state index contributed by atoms with van der Waals surface area (Å²) in [6, 6.07) is 2.01. The minimum Gasteiger partial charge on any atom is -0.481 e. The molecule has 1 aromatic heterocycles. The Morgan fingerprint density at radius 3 is 2.81 bits per heavy atom. The van der Waals surface area contributed by atoms with Crippen molar-refractivity contribution in [3.05, 3.63) is 27.9 Å². The third-order valence-corrected chi connectivity index (χ3v) is 4.49. The molecule has 0 atom stereocenters. The molecule has 1 aromatic rings. The van der Waals surface area contributed by atoms with Crippen molar-refractivity contribution in [3.8, 4) is 0 Å². The third-order valence-electron chi connectivity index (χ3n) is 3.11. The number of hydrogen-bond acceptors (Lipinski definition) is 4. The van der Waals surface area contributed by atoms with Gasteiger partial charge in [-0.3, -0.25) is 14.5 Å². The summed E-state index contributed by atoms with van der Waals surface area (Å²) >= 11 is 6.45. The number of aromatic amines is 1. The Morgan fingerprint density at radius 1 is 1.52 bits per heavy atom. The Bertz CT molecular complexity index is 634. The number of aromatic nitrogens is 1. The number of aryl methyl sites for hydroxylation is 2. The molecule has 2 N–H and O–H groups in total. The maximum atomic E-state index is 12.3. The lowest BCUT2D eigenvalue weighted by Gasteiger charge is -2.13. The molecule has 2 heterocycles. The van der Waals surface area contributed by atoms with Crippen LogP contribution < -0.4 is 0 Å². The fourth-order valence-corrected chi connectivity index (χ4v) is 3.40. The highest BCUT2D eigenvalue weighted by Gasteiger charge is 2.31. The van der Waals surface area contributed by atoms with Gasteiger partial charge in [0.05, 0.1) is 4.91 Å². The lowest BCUT2D eigenvalue weighted by atomic mass is 10.2. The molecule has 0 aromatic carbocycles. The van der Waals surface area contributed by atoms with Gasteiger partial charge in [0.25, 0.3) is 5.91 Å². The van der Waals surface area contributed by atoms with Gasteiger partial charge in [-0.2, -0.15) is 0 Å². The summed E-state index contributed by atoms with van der Waals surface area (Å²) in [6.07, 6.45) is 2.24. The minimum absolute atomic E-state index is 0.0328. The number of hydrogen-bond donors (Lipinski definition) is 2. The number of thiocarbonyl (C=S) groups is 1. The van der Waals surface area contributed by atoms with Gasteiger partial charge in [0, 0.05) is 24.4 Å². The molecule has 1 amide bonds. The zero-order chi connectivity index (χ0) is 15.6. The van der Waals surface area contributed by atoms with Crippen LogP contribution in [-0.2, 0) is 9.59 Å². The van der Waals surface area contributed by atoms with Crippen molar-refractivity contribution in [2.75, 3.05) is 6.54 Å². The van der Waals surface area contributed by atoms with Crippen LogP contribution in [0.2, 0.25) is 0 Å². The highest BCUT2D eigenvalue weighted by molar-refractivity contribution is 8.26. The molecular weight excluding hydrogens is 308 g/mol. The Balaban J connectivity index is 2.10. The monoisotopic (exact) mass is 324 g/mol. The molecule has 0 spiro atoms. The number of aliphatic carboxylic acids is 1. The van der Waals surface area contributed by atoms with Gasteiger partial charge >= 0.3 is 5.97 Å². The maximum absolute atomic E-state index is 12.3. The van der Waals surface area contributed by atoms with Crippen molar-refractivity contribution < 1.29 is 14.7 Å². The number of rotatable bonds is 5. The molecule has 0 saturated carbocycles. The van der Waals surface area contributed by atoms with Crippen LogP contribution in [0.1, 0.15) is 29.8 Å². The molecular formula is C14H16N2O3S2. The summed E-state index contributed by atoms with van der Waals surface area (Å²) in [6.45, 7) is 4.28. The fraction of sp³-hybridized carbons (Fsp3) is 0.357. The maximum Gasteiger partial charge on any atom is 0.303 e. The predicted octanol–water partition coefficient (Wildman–Crippen LogP) is 2.70. The first-order chi connectivity index (χ1) is 9.88. The lowest BCUT2D eigenvalue weighted by Crippen LogP contribution is -2.29. The third kappa shape index (κ3) is 3.74. The molecule has 0 aliphatic carbocycles. The van der Waals surface area contributed by atoms with Gasteiger partial charge in [-0.25, -0.2) is 0 Å². The van der Waals surface area contributed by atoms with Crippen LogP contribution in [0.15, 0.2) is 11.0 Å². The van der Waals surface area contributed by atoms with Gasteiger partial charge in [-0.1, -0.05) is 24.0 Å². The summed E-state index contributed by atoms with van der Waals surface area (Å²) < 4.78 is 0.484. The summed E-state index contributed by atoms with van der Waals surface area (Å²) in [5, 5.41) is 8.64. The average Bonchev–Trinajstić information content (AvgIpc) is 2.83. The van der Waals surface area contributed by atoms with Gasteiger partial charge in [-0.05, 0) is 38.0 Å². The number of thioether (sulfide) groups is 1. The van der Waals surface area contributed by atoms with Crippen molar-refractivity contribution in [2.45, 2.75) is 26.7 Å². The molecule has 0 radical (unpaired) electrons. The van der Waals surface area contributed by atoms with E-state index in [-0.39, 0.29) is 12.3 Å². The topological polar surface area (TPSA) is 73.4 Å². The molecule has 21 heavy (non-hydrogen) atoms. The molecule has 0 bridgehead atoms. The number of carbonyl (C=O) groups is 2. The number of carboxylic acids is 1. The predicted molar refractivity (Wildman–Crippen MR) is 87.0 cm³/mol. The van der Waals surface area contributed by atoms with Crippen LogP contribution in [0.4, 0.5) is 0 Å². The van der Waals surface area contributed by atoms with E-state index in [1.165, 1.54) is 16.7 Å². The average molecular weight is 324 g/mol. The van der Waals surface area contributed by atoms with Crippen LogP contribution >= 0.6 is 24.0 Å². The molecule has 1 aliphatic heterocycles. The minimum atomic E-state index is -0.867. The summed E-state index contributed by atoms with van der Waals surface area (Å²) in [7, 11) is 0. The molecule has 0 unspecified atom stereocenters. The van der Waals surface area contributed by atoms with Gasteiger partial charge in [-0.15, -0.1) is 0 Å². The Kier molecular flexibility index (Phi) is 4.84. The molecule has 1 fully saturated rings. The van der Waals surface area contributed by atoms with E-state index in [1.807, 2.05) is 19.9 Å². The van der Waals surface area contributed by atoms with Crippen molar-refractivity contribution >= 4 is 46.3 Å². The van der Waals surface area contributed by atoms with Crippen molar-refractivity contribution in [2.24, 2.45) is 0 Å². The molecule has 7 heteroatoms. The lowest BCUT2D eigenvalue weighted by molar-refractivity contribution is -0.137. The molecule has 112 valence electrons. The smallest absolute Gasteiger partial charge is 0.303 e. The van der Waals surface area contributed by atoms with Crippen LogP contribution in [-0.4, -0.2) is 37.7 Å². The fourth-order valence-electron chi connectivity index (χ4n) is 2.11. The Labute approximate surface area is 132 Å². The van der Waals surface area contributed by atoms with Gasteiger partial charge in [0.15, 0.2) is 0 Å². The second-order valence-corrected chi connectivity index (χ2v) is 6.56. The van der Waals surface area contributed by atoms with Crippen LogP contribution in [0.25, 0.3) is 6.08 Å². The summed E-state index contributed by atoms with van der Waals surface area (Å²) in [4.78, 5) is 28.1. The van der Waals surface area contributed by atoms with Crippen molar-refractivity contribution in [3.63, 3.8) is 0 Å². The number of H-pyrrole nitrogens is 1. The van der Waals surface area contributed by atoms with E-state index in [0.717, 1.165) is 17.0 Å². The number of nitrogens with one attached hydrogen (secondary N) is 1. The number of carbonyl (C=O) groups excluding carboxylic acids is 1.